The summed E-state index contributed by atoms with van der Waals surface area (Å²) in [6.45, 7) is 3.78. The first-order valence-electron chi connectivity index (χ1n) is 9.36. The molecular formula is C22H23N3O3. The zero-order valence-corrected chi connectivity index (χ0v) is 16.0. The summed E-state index contributed by atoms with van der Waals surface area (Å²) in [5.74, 6) is 1.38. The first kappa shape index (κ1) is 18.3. The minimum atomic E-state index is -0.149. The summed E-state index contributed by atoms with van der Waals surface area (Å²) in [5, 5.41) is 3.37. The molecule has 1 aromatic heterocycles. The lowest BCUT2D eigenvalue weighted by Crippen LogP contribution is -2.48. The molecule has 6 nitrogen and oxygen atoms in total. The highest BCUT2D eigenvalue weighted by Gasteiger charge is 2.33. The second-order valence-corrected chi connectivity index (χ2v) is 6.76. The van der Waals surface area contributed by atoms with Crippen molar-refractivity contribution in [2.75, 3.05) is 26.7 Å². The summed E-state index contributed by atoms with van der Waals surface area (Å²) in [6.07, 6.45) is 0. The quantitative estimate of drug-likeness (QED) is 0.754. The van der Waals surface area contributed by atoms with Crippen LogP contribution in [0.3, 0.4) is 0 Å². The second-order valence-electron chi connectivity index (χ2n) is 6.76. The van der Waals surface area contributed by atoms with E-state index in [1.165, 1.54) is 0 Å². The molecule has 0 aliphatic carbocycles. The van der Waals surface area contributed by atoms with E-state index in [0.29, 0.717) is 30.4 Å². The molecule has 2 aromatic carbocycles. The van der Waals surface area contributed by atoms with Gasteiger partial charge in [-0.05, 0) is 25.1 Å². The highest BCUT2D eigenvalue weighted by Crippen LogP contribution is 2.32. The number of benzene rings is 2. The van der Waals surface area contributed by atoms with Crippen molar-refractivity contribution in [3.8, 4) is 17.2 Å². The van der Waals surface area contributed by atoms with Crippen LogP contribution in [-0.4, -0.2) is 42.5 Å². The third kappa shape index (κ3) is 3.39. The number of carbonyl (C=O) groups excluding carboxylic acids is 1. The second kappa shape index (κ2) is 7.86. The first-order chi connectivity index (χ1) is 13.7. The average Bonchev–Trinajstić information content (AvgIpc) is 3.15. The number of nitrogens with one attached hydrogen (secondary N) is 1. The van der Waals surface area contributed by atoms with Crippen LogP contribution in [0.4, 0.5) is 0 Å². The Hall–Kier alpha value is -3.12. The molecule has 6 heteroatoms. The normalized spacial score (nSPS) is 16.8. The van der Waals surface area contributed by atoms with Gasteiger partial charge in [-0.1, -0.05) is 36.4 Å². The molecule has 1 unspecified atom stereocenters. The van der Waals surface area contributed by atoms with Gasteiger partial charge in [0, 0.05) is 30.8 Å². The Morgan fingerprint density at radius 2 is 1.93 bits per heavy atom. The van der Waals surface area contributed by atoms with Crippen LogP contribution >= 0.6 is 0 Å². The molecule has 1 saturated heterocycles. The molecule has 2 heterocycles. The van der Waals surface area contributed by atoms with Crippen LogP contribution < -0.4 is 10.1 Å². The maximum atomic E-state index is 13.4. The molecule has 0 spiro atoms. The van der Waals surface area contributed by atoms with E-state index in [1.807, 2.05) is 66.4 Å². The Morgan fingerprint density at radius 1 is 1.18 bits per heavy atom. The van der Waals surface area contributed by atoms with Crippen molar-refractivity contribution in [3.05, 3.63) is 71.6 Å². The van der Waals surface area contributed by atoms with Gasteiger partial charge >= 0.3 is 0 Å². The predicted molar refractivity (Wildman–Crippen MR) is 106 cm³/mol. The van der Waals surface area contributed by atoms with Crippen LogP contribution in [0, 0.1) is 6.92 Å². The van der Waals surface area contributed by atoms with Crippen LogP contribution in [0.25, 0.3) is 11.5 Å². The number of methoxy groups -OCH3 is 1. The van der Waals surface area contributed by atoms with Crippen LogP contribution in [0.15, 0.2) is 59.0 Å². The maximum absolute atomic E-state index is 13.4. The first-order valence-corrected chi connectivity index (χ1v) is 9.36. The number of hydrogen-bond donors (Lipinski definition) is 1. The van der Waals surface area contributed by atoms with Crippen molar-refractivity contribution in [1.82, 2.24) is 15.2 Å². The smallest absolute Gasteiger partial charge is 0.292 e. The van der Waals surface area contributed by atoms with E-state index in [9.17, 15) is 4.79 Å². The molecule has 1 atom stereocenters. The number of ether oxygens (including phenoxy) is 1. The standard InChI is InChI=1S/C22H23N3O3/c1-15-20(28-21(24-15)16-8-4-3-5-9-16)22(26)25-13-12-23-14-18(25)17-10-6-7-11-19(17)27-2/h3-11,18,23H,12-14H2,1-2H3. The van der Waals surface area contributed by atoms with Crippen molar-refractivity contribution >= 4 is 5.91 Å². The molecule has 28 heavy (non-hydrogen) atoms. The molecular weight excluding hydrogens is 354 g/mol. The number of aromatic nitrogens is 1. The van der Waals surface area contributed by atoms with Gasteiger partial charge in [0.2, 0.25) is 11.7 Å². The lowest BCUT2D eigenvalue weighted by Gasteiger charge is -2.36. The number of aryl methyl sites for hydroxylation is 1. The number of amides is 1. The molecule has 1 N–H and O–H groups in total. The number of para-hydroxylation sites is 1. The summed E-state index contributed by atoms with van der Waals surface area (Å²) in [4.78, 5) is 19.7. The molecule has 1 aliphatic rings. The fraction of sp³-hybridized carbons (Fsp3) is 0.273. The van der Waals surface area contributed by atoms with Gasteiger partial charge in [0.05, 0.1) is 18.8 Å². The number of nitrogens with zero attached hydrogens (tertiary/aromatic N) is 2. The highest BCUT2D eigenvalue weighted by atomic mass is 16.5. The molecule has 3 aromatic rings. The molecule has 0 bridgehead atoms. The highest BCUT2D eigenvalue weighted by molar-refractivity contribution is 5.93. The van der Waals surface area contributed by atoms with E-state index in [0.717, 1.165) is 23.4 Å². The van der Waals surface area contributed by atoms with Crippen molar-refractivity contribution < 1.29 is 13.9 Å². The zero-order valence-electron chi connectivity index (χ0n) is 16.0. The number of hydrogen-bond acceptors (Lipinski definition) is 5. The van der Waals surface area contributed by atoms with E-state index in [2.05, 4.69) is 10.3 Å². The third-order valence-electron chi connectivity index (χ3n) is 5.01. The van der Waals surface area contributed by atoms with E-state index < -0.39 is 0 Å². The van der Waals surface area contributed by atoms with E-state index in [1.54, 1.807) is 7.11 Å². The molecule has 1 aliphatic heterocycles. The number of rotatable bonds is 4. The SMILES string of the molecule is COc1ccccc1C1CNCCN1C(=O)c1oc(-c2ccccc2)nc1C. The zero-order chi connectivity index (χ0) is 19.5. The van der Waals surface area contributed by atoms with Gasteiger partial charge in [0.1, 0.15) is 5.75 Å². The summed E-state index contributed by atoms with van der Waals surface area (Å²) in [5.41, 5.74) is 2.43. The Labute approximate surface area is 164 Å². The third-order valence-corrected chi connectivity index (χ3v) is 5.01. The van der Waals surface area contributed by atoms with E-state index in [-0.39, 0.29) is 11.9 Å². The monoisotopic (exact) mass is 377 g/mol. The van der Waals surface area contributed by atoms with Gasteiger partial charge in [0.25, 0.3) is 5.91 Å². The number of oxazole rings is 1. The molecule has 0 saturated carbocycles. The molecule has 4 rings (SSSR count). The largest absolute Gasteiger partial charge is 0.496 e. The number of carbonyl (C=O) groups is 1. The fourth-order valence-electron chi connectivity index (χ4n) is 3.60. The molecule has 1 fully saturated rings. The lowest BCUT2D eigenvalue weighted by atomic mass is 10.0. The van der Waals surface area contributed by atoms with Crippen molar-refractivity contribution in [2.45, 2.75) is 13.0 Å². The molecule has 0 radical (unpaired) electrons. The van der Waals surface area contributed by atoms with Crippen LogP contribution in [0.5, 0.6) is 5.75 Å². The Kier molecular flexibility index (Phi) is 5.12. The van der Waals surface area contributed by atoms with Gasteiger partial charge in [-0.25, -0.2) is 4.98 Å². The summed E-state index contributed by atoms with van der Waals surface area (Å²) in [7, 11) is 1.65. The summed E-state index contributed by atoms with van der Waals surface area (Å²) in [6, 6.07) is 17.3. The molecule has 1 amide bonds. The number of piperazine rings is 1. The van der Waals surface area contributed by atoms with Crippen LogP contribution in [-0.2, 0) is 0 Å². The minimum Gasteiger partial charge on any atom is -0.496 e. The molecule has 144 valence electrons. The van der Waals surface area contributed by atoms with Gasteiger partial charge in [-0.2, -0.15) is 0 Å². The summed E-state index contributed by atoms with van der Waals surface area (Å²) >= 11 is 0. The van der Waals surface area contributed by atoms with Gasteiger partial charge in [-0.15, -0.1) is 0 Å². The Morgan fingerprint density at radius 3 is 2.71 bits per heavy atom. The lowest BCUT2D eigenvalue weighted by molar-refractivity contribution is 0.0599. The van der Waals surface area contributed by atoms with Crippen LogP contribution in [0.1, 0.15) is 27.9 Å². The summed E-state index contributed by atoms with van der Waals surface area (Å²) < 4.78 is 11.4. The van der Waals surface area contributed by atoms with Gasteiger partial charge in [0.15, 0.2) is 0 Å². The van der Waals surface area contributed by atoms with E-state index in [4.69, 9.17) is 9.15 Å². The minimum absolute atomic E-state index is 0.137. The van der Waals surface area contributed by atoms with Gasteiger partial charge in [-0.3, -0.25) is 4.79 Å². The average molecular weight is 377 g/mol. The van der Waals surface area contributed by atoms with Crippen molar-refractivity contribution in [1.29, 1.82) is 0 Å². The Bertz CT molecular complexity index is 968. The fourth-order valence-corrected chi connectivity index (χ4v) is 3.60. The maximum Gasteiger partial charge on any atom is 0.292 e. The topological polar surface area (TPSA) is 67.6 Å². The van der Waals surface area contributed by atoms with Crippen molar-refractivity contribution in [2.24, 2.45) is 0 Å². The van der Waals surface area contributed by atoms with Crippen LogP contribution in [0.2, 0.25) is 0 Å². The van der Waals surface area contributed by atoms with Gasteiger partial charge < -0.3 is 19.4 Å². The predicted octanol–water partition coefficient (Wildman–Crippen LogP) is 3.45. The Balaban J connectivity index is 1.67. The van der Waals surface area contributed by atoms with Crippen molar-refractivity contribution in [3.63, 3.8) is 0 Å². The van der Waals surface area contributed by atoms with E-state index >= 15 is 0 Å².